The summed E-state index contributed by atoms with van der Waals surface area (Å²) in [6.45, 7) is 1.31. The second-order valence-corrected chi connectivity index (χ2v) is 4.09. The second-order valence-electron chi connectivity index (χ2n) is 4.09. The third-order valence-electron chi connectivity index (χ3n) is 3.03. The van der Waals surface area contributed by atoms with E-state index in [0.29, 0.717) is 13.2 Å². The van der Waals surface area contributed by atoms with E-state index in [-0.39, 0.29) is 37.1 Å². The van der Waals surface area contributed by atoms with Crippen molar-refractivity contribution in [3.05, 3.63) is 0 Å². The molecule has 2 amide bonds. The highest BCUT2D eigenvalue weighted by Gasteiger charge is 2.33. The van der Waals surface area contributed by atoms with E-state index in [2.05, 4.69) is 0 Å². The number of nitrogens with zero attached hydrogens (tertiary/aromatic N) is 1. The van der Waals surface area contributed by atoms with Crippen LogP contribution in [0, 0.1) is 5.92 Å². The molecule has 2 aliphatic rings. The molecule has 2 heterocycles. The lowest BCUT2D eigenvalue weighted by molar-refractivity contribution is -0.140. The number of hydrogen-bond donors (Lipinski definition) is 1. The SMILES string of the molecule is O=C1CCC(=O)N1CC(O)C1CCOC1. The maximum Gasteiger partial charge on any atom is 0.229 e. The molecule has 2 unspecified atom stereocenters. The van der Waals surface area contributed by atoms with Gasteiger partial charge in [-0.25, -0.2) is 0 Å². The van der Waals surface area contributed by atoms with Gasteiger partial charge in [0.1, 0.15) is 0 Å². The van der Waals surface area contributed by atoms with E-state index in [0.717, 1.165) is 6.42 Å². The Morgan fingerprint density at radius 2 is 2.07 bits per heavy atom. The Balaban J connectivity index is 1.89. The van der Waals surface area contributed by atoms with Crippen molar-refractivity contribution in [2.75, 3.05) is 19.8 Å². The molecule has 5 heteroatoms. The Morgan fingerprint density at radius 3 is 2.60 bits per heavy atom. The molecule has 0 radical (unpaired) electrons. The number of hydrogen-bond acceptors (Lipinski definition) is 4. The Morgan fingerprint density at radius 1 is 1.40 bits per heavy atom. The van der Waals surface area contributed by atoms with Crippen LogP contribution in [0.5, 0.6) is 0 Å². The maximum atomic E-state index is 11.3. The number of carbonyl (C=O) groups is 2. The number of β-amino-alcohol motifs (C(OH)–C–C–N with tert-alkyl or cyclic N) is 1. The van der Waals surface area contributed by atoms with Gasteiger partial charge in [-0.3, -0.25) is 14.5 Å². The van der Waals surface area contributed by atoms with Crippen molar-refractivity contribution in [2.45, 2.75) is 25.4 Å². The van der Waals surface area contributed by atoms with Crippen LogP contribution >= 0.6 is 0 Å². The molecule has 1 N–H and O–H groups in total. The summed E-state index contributed by atoms with van der Waals surface area (Å²) in [7, 11) is 0. The summed E-state index contributed by atoms with van der Waals surface area (Å²) in [4.78, 5) is 23.8. The molecule has 15 heavy (non-hydrogen) atoms. The fourth-order valence-electron chi connectivity index (χ4n) is 2.02. The molecule has 0 bridgehead atoms. The van der Waals surface area contributed by atoms with E-state index in [4.69, 9.17) is 4.74 Å². The first-order valence-corrected chi connectivity index (χ1v) is 5.27. The molecule has 2 saturated heterocycles. The zero-order valence-electron chi connectivity index (χ0n) is 8.52. The summed E-state index contributed by atoms with van der Waals surface area (Å²) in [5.74, 6) is -0.276. The van der Waals surface area contributed by atoms with Crippen LogP contribution < -0.4 is 0 Å². The van der Waals surface area contributed by atoms with Gasteiger partial charge < -0.3 is 9.84 Å². The number of aliphatic hydroxyl groups excluding tert-OH is 1. The number of likely N-dealkylation sites (tertiary alicyclic amines) is 1. The van der Waals surface area contributed by atoms with Crippen molar-refractivity contribution in [3.63, 3.8) is 0 Å². The van der Waals surface area contributed by atoms with E-state index in [1.165, 1.54) is 4.90 Å². The van der Waals surface area contributed by atoms with E-state index < -0.39 is 6.10 Å². The fourth-order valence-corrected chi connectivity index (χ4v) is 2.02. The van der Waals surface area contributed by atoms with Gasteiger partial charge in [0.05, 0.1) is 19.3 Å². The van der Waals surface area contributed by atoms with Gasteiger partial charge in [-0.1, -0.05) is 0 Å². The lowest BCUT2D eigenvalue weighted by Crippen LogP contribution is -2.39. The molecule has 2 fully saturated rings. The molecule has 5 nitrogen and oxygen atoms in total. The molecule has 0 aromatic heterocycles. The molecule has 0 aromatic carbocycles. The first kappa shape index (κ1) is 10.6. The average Bonchev–Trinajstić information content (AvgIpc) is 2.82. The molecule has 2 aliphatic heterocycles. The van der Waals surface area contributed by atoms with Gasteiger partial charge in [-0.05, 0) is 6.42 Å². The normalized spacial score (nSPS) is 28.9. The first-order valence-electron chi connectivity index (χ1n) is 5.27. The molecule has 0 saturated carbocycles. The number of amides is 2. The predicted molar refractivity (Wildman–Crippen MR) is 50.9 cm³/mol. The largest absolute Gasteiger partial charge is 0.391 e. The van der Waals surface area contributed by atoms with Crippen LogP contribution in [0.3, 0.4) is 0 Å². The summed E-state index contributed by atoms with van der Waals surface area (Å²) in [6, 6.07) is 0. The minimum Gasteiger partial charge on any atom is -0.391 e. The van der Waals surface area contributed by atoms with E-state index in [9.17, 15) is 14.7 Å². The van der Waals surface area contributed by atoms with Crippen LogP contribution in [0.4, 0.5) is 0 Å². The number of carbonyl (C=O) groups excluding carboxylic acids is 2. The smallest absolute Gasteiger partial charge is 0.229 e. The standard InChI is InChI=1S/C10H15NO4/c12-8(7-3-4-15-6-7)5-11-9(13)1-2-10(11)14/h7-8,12H,1-6H2. The van der Waals surface area contributed by atoms with Gasteiger partial charge in [-0.2, -0.15) is 0 Å². The highest BCUT2D eigenvalue weighted by atomic mass is 16.5. The van der Waals surface area contributed by atoms with Crippen LogP contribution in [0.25, 0.3) is 0 Å². The Labute approximate surface area is 88.0 Å². The van der Waals surface area contributed by atoms with E-state index in [1.807, 2.05) is 0 Å². The topological polar surface area (TPSA) is 66.8 Å². The average molecular weight is 213 g/mol. The Bertz CT molecular complexity index is 257. The molecular formula is C10H15NO4. The van der Waals surface area contributed by atoms with E-state index in [1.54, 1.807) is 0 Å². The van der Waals surface area contributed by atoms with Crippen LogP contribution in [-0.2, 0) is 14.3 Å². The van der Waals surface area contributed by atoms with Crippen molar-refractivity contribution in [3.8, 4) is 0 Å². The summed E-state index contributed by atoms with van der Waals surface area (Å²) < 4.78 is 5.15. The van der Waals surface area contributed by atoms with Crippen LogP contribution in [0.15, 0.2) is 0 Å². The highest BCUT2D eigenvalue weighted by Crippen LogP contribution is 2.20. The van der Waals surface area contributed by atoms with Crippen molar-refractivity contribution >= 4 is 11.8 Å². The zero-order valence-corrected chi connectivity index (χ0v) is 8.52. The van der Waals surface area contributed by atoms with Crippen molar-refractivity contribution < 1.29 is 19.4 Å². The molecule has 2 atom stereocenters. The Hall–Kier alpha value is -0.940. The Kier molecular flexibility index (Phi) is 3.02. The third kappa shape index (κ3) is 2.18. The zero-order chi connectivity index (χ0) is 10.8. The van der Waals surface area contributed by atoms with Crippen molar-refractivity contribution in [1.29, 1.82) is 0 Å². The summed E-state index contributed by atoms with van der Waals surface area (Å²) in [6.07, 6.45) is 0.732. The van der Waals surface area contributed by atoms with E-state index >= 15 is 0 Å². The predicted octanol–water partition coefficient (Wildman–Crippen LogP) is -0.467. The van der Waals surface area contributed by atoms with Crippen molar-refractivity contribution in [1.82, 2.24) is 4.90 Å². The van der Waals surface area contributed by atoms with Gasteiger partial charge in [0.15, 0.2) is 0 Å². The van der Waals surface area contributed by atoms with Gasteiger partial charge in [-0.15, -0.1) is 0 Å². The monoisotopic (exact) mass is 213 g/mol. The molecule has 0 aromatic rings. The van der Waals surface area contributed by atoms with Crippen LogP contribution in [-0.4, -0.2) is 47.7 Å². The van der Waals surface area contributed by atoms with Crippen molar-refractivity contribution in [2.24, 2.45) is 5.92 Å². The minimum atomic E-state index is -0.640. The third-order valence-corrected chi connectivity index (χ3v) is 3.03. The quantitative estimate of drug-likeness (QED) is 0.644. The molecule has 0 spiro atoms. The molecule has 84 valence electrons. The number of imide groups is 1. The summed E-state index contributed by atoms with van der Waals surface area (Å²) in [5.41, 5.74) is 0. The number of ether oxygens (including phenoxy) is 1. The molecular weight excluding hydrogens is 198 g/mol. The lowest BCUT2D eigenvalue weighted by atomic mass is 10.0. The number of rotatable bonds is 3. The summed E-state index contributed by atoms with van der Waals surface area (Å²) in [5, 5.41) is 9.82. The lowest BCUT2D eigenvalue weighted by Gasteiger charge is -2.21. The maximum absolute atomic E-state index is 11.3. The van der Waals surface area contributed by atoms with Crippen LogP contribution in [0.2, 0.25) is 0 Å². The second kappa shape index (κ2) is 4.28. The summed E-state index contributed by atoms with van der Waals surface area (Å²) >= 11 is 0. The molecule has 2 rings (SSSR count). The number of aliphatic hydroxyl groups is 1. The van der Waals surface area contributed by atoms with Crippen LogP contribution in [0.1, 0.15) is 19.3 Å². The minimum absolute atomic E-state index is 0.0613. The van der Waals surface area contributed by atoms with Gasteiger partial charge >= 0.3 is 0 Å². The highest BCUT2D eigenvalue weighted by molar-refractivity contribution is 6.01. The fraction of sp³-hybridized carbons (Fsp3) is 0.800. The molecule has 0 aliphatic carbocycles. The first-order chi connectivity index (χ1) is 7.18. The van der Waals surface area contributed by atoms with Gasteiger partial charge in [0.25, 0.3) is 0 Å². The van der Waals surface area contributed by atoms with Gasteiger partial charge in [0.2, 0.25) is 11.8 Å². The van der Waals surface area contributed by atoms with Gasteiger partial charge in [0, 0.05) is 25.4 Å².